The van der Waals surface area contributed by atoms with E-state index in [0.29, 0.717) is 19.7 Å². The fourth-order valence-electron chi connectivity index (χ4n) is 1.69. The lowest BCUT2D eigenvalue weighted by Crippen LogP contribution is -2.42. The van der Waals surface area contributed by atoms with Crippen LogP contribution in [0.1, 0.15) is 5.56 Å². The molecule has 1 atom stereocenters. The number of nitrogens with one attached hydrogen (secondary N) is 1. The van der Waals surface area contributed by atoms with Gasteiger partial charge in [0.25, 0.3) is 0 Å². The SMILES string of the molecule is COCCNCC(O)(COC)c1ccccc1. The van der Waals surface area contributed by atoms with Gasteiger partial charge in [-0.05, 0) is 5.56 Å². The highest BCUT2D eigenvalue weighted by atomic mass is 16.5. The summed E-state index contributed by atoms with van der Waals surface area (Å²) in [5, 5.41) is 13.7. The van der Waals surface area contributed by atoms with Gasteiger partial charge in [0.2, 0.25) is 0 Å². The predicted octanol–water partition coefficient (Wildman–Crippen LogP) is 0.757. The molecular formula is C13H21NO3. The molecule has 1 unspecified atom stereocenters. The van der Waals surface area contributed by atoms with Crippen LogP contribution in [-0.4, -0.2) is 45.6 Å². The number of aliphatic hydroxyl groups is 1. The highest BCUT2D eigenvalue weighted by Gasteiger charge is 2.28. The van der Waals surface area contributed by atoms with E-state index in [2.05, 4.69) is 5.32 Å². The van der Waals surface area contributed by atoms with Crippen molar-refractivity contribution in [3.8, 4) is 0 Å². The van der Waals surface area contributed by atoms with Crippen molar-refractivity contribution in [2.75, 3.05) is 40.5 Å². The second kappa shape index (κ2) is 7.40. The summed E-state index contributed by atoms with van der Waals surface area (Å²) >= 11 is 0. The minimum atomic E-state index is -0.996. The van der Waals surface area contributed by atoms with E-state index in [0.717, 1.165) is 5.56 Å². The summed E-state index contributed by atoms with van der Waals surface area (Å²) in [7, 11) is 3.24. The van der Waals surface area contributed by atoms with Gasteiger partial charge in [0.1, 0.15) is 5.60 Å². The summed E-state index contributed by atoms with van der Waals surface area (Å²) in [5.74, 6) is 0. The summed E-state index contributed by atoms with van der Waals surface area (Å²) in [6, 6.07) is 9.54. The first kappa shape index (κ1) is 14.1. The zero-order chi connectivity index (χ0) is 12.6. The Kier molecular flexibility index (Phi) is 6.15. The Labute approximate surface area is 103 Å². The van der Waals surface area contributed by atoms with Crippen LogP contribution in [0.25, 0.3) is 0 Å². The lowest BCUT2D eigenvalue weighted by molar-refractivity contribution is -0.0350. The molecule has 0 bridgehead atoms. The van der Waals surface area contributed by atoms with Gasteiger partial charge >= 0.3 is 0 Å². The van der Waals surface area contributed by atoms with Gasteiger partial charge in [-0.3, -0.25) is 0 Å². The summed E-state index contributed by atoms with van der Waals surface area (Å²) in [5.41, 5.74) is -0.143. The van der Waals surface area contributed by atoms with Crippen molar-refractivity contribution in [2.45, 2.75) is 5.60 Å². The Morgan fingerprint density at radius 1 is 1.18 bits per heavy atom. The molecule has 0 heterocycles. The number of hydrogen-bond acceptors (Lipinski definition) is 4. The van der Waals surface area contributed by atoms with Crippen molar-refractivity contribution in [1.82, 2.24) is 5.32 Å². The van der Waals surface area contributed by atoms with Crippen LogP contribution in [0.4, 0.5) is 0 Å². The van der Waals surface area contributed by atoms with Crippen molar-refractivity contribution in [2.24, 2.45) is 0 Å². The molecule has 96 valence electrons. The second-order valence-electron chi connectivity index (χ2n) is 4.00. The Morgan fingerprint density at radius 2 is 1.88 bits per heavy atom. The van der Waals surface area contributed by atoms with Crippen LogP contribution in [0.5, 0.6) is 0 Å². The van der Waals surface area contributed by atoms with Crippen LogP contribution in [0, 0.1) is 0 Å². The molecule has 0 aliphatic heterocycles. The molecule has 0 saturated carbocycles. The van der Waals surface area contributed by atoms with Crippen LogP contribution in [-0.2, 0) is 15.1 Å². The van der Waals surface area contributed by atoms with Crippen LogP contribution in [0.15, 0.2) is 30.3 Å². The van der Waals surface area contributed by atoms with Crippen LogP contribution in [0.3, 0.4) is 0 Å². The third kappa shape index (κ3) is 4.44. The summed E-state index contributed by atoms with van der Waals surface area (Å²) in [6.07, 6.45) is 0. The maximum atomic E-state index is 10.6. The standard InChI is InChI=1S/C13H21NO3/c1-16-9-8-14-10-13(15,11-17-2)12-6-4-3-5-7-12/h3-7,14-15H,8-11H2,1-2H3. The van der Waals surface area contributed by atoms with Gasteiger partial charge in [-0.1, -0.05) is 30.3 Å². The molecule has 0 spiro atoms. The molecule has 1 aromatic carbocycles. The van der Waals surface area contributed by atoms with E-state index in [-0.39, 0.29) is 6.61 Å². The van der Waals surface area contributed by atoms with E-state index in [4.69, 9.17) is 9.47 Å². The number of benzene rings is 1. The third-order valence-electron chi connectivity index (χ3n) is 2.59. The van der Waals surface area contributed by atoms with Crippen LogP contribution < -0.4 is 5.32 Å². The monoisotopic (exact) mass is 239 g/mol. The first-order chi connectivity index (χ1) is 8.23. The molecule has 1 rings (SSSR count). The van der Waals surface area contributed by atoms with Gasteiger partial charge < -0.3 is 19.9 Å². The predicted molar refractivity (Wildman–Crippen MR) is 67.0 cm³/mol. The first-order valence-corrected chi connectivity index (χ1v) is 5.69. The van der Waals surface area contributed by atoms with Gasteiger partial charge in [0.05, 0.1) is 13.2 Å². The maximum Gasteiger partial charge on any atom is 0.125 e. The molecule has 1 aromatic rings. The van der Waals surface area contributed by atoms with Crippen molar-refractivity contribution < 1.29 is 14.6 Å². The number of rotatable bonds is 8. The van der Waals surface area contributed by atoms with E-state index < -0.39 is 5.60 Å². The normalized spacial score (nSPS) is 14.5. The number of ether oxygens (including phenoxy) is 2. The molecule has 0 saturated heterocycles. The van der Waals surface area contributed by atoms with Crippen LogP contribution >= 0.6 is 0 Å². The fraction of sp³-hybridized carbons (Fsp3) is 0.538. The molecule has 0 amide bonds. The van der Waals surface area contributed by atoms with Crippen molar-refractivity contribution in [3.63, 3.8) is 0 Å². The molecule has 17 heavy (non-hydrogen) atoms. The largest absolute Gasteiger partial charge is 0.383 e. The quantitative estimate of drug-likeness (QED) is 0.658. The molecule has 0 radical (unpaired) electrons. The minimum absolute atomic E-state index is 0.261. The van der Waals surface area contributed by atoms with Gasteiger partial charge in [-0.25, -0.2) is 0 Å². The number of methoxy groups -OCH3 is 2. The third-order valence-corrected chi connectivity index (χ3v) is 2.59. The zero-order valence-corrected chi connectivity index (χ0v) is 10.5. The molecule has 4 nitrogen and oxygen atoms in total. The molecular weight excluding hydrogens is 218 g/mol. The Bertz CT molecular complexity index is 305. The van der Waals surface area contributed by atoms with E-state index in [1.165, 1.54) is 0 Å². The Hall–Kier alpha value is -0.940. The lowest BCUT2D eigenvalue weighted by atomic mass is 9.94. The average Bonchev–Trinajstić information content (AvgIpc) is 2.36. The van der Waals surface area contributed by atoms with Gasteiger partial charge in [-0.2, -0.15) is 0 Å². The van der Waals surface area contributed by atoms with E-state index in [1.807, 2.05) is 30.3 Å². The second-order valence-corrected chi connectivity index (χ2v) is 4.00. The molecule has 2 N–H and O–H groups in total. The van der Waals surface area contributed by atoms with Crippen LogP contribution in [0.2, 0.25) is 0 Å². The highest BCUT2D eigenvalue weighted by Crippen LogP contribution is 2.20. The van der Waals surface area contributed by atoms with E-state index in [1.54, 1.807) is 14.2 Å². The Morgan fingerprint density at radius 3 is 2.47 bits per heavy atom. The van der Waals surface area contributed by atoms with Crippen molar-refractivity contribution in [3.05, 3.63) is 35.9 Å². The topological polar surface area (TPSA) is 50.7 Å². The lowest BCUT2D eigenvalue weighted by Gasteiger charge is -2.28. The van der Waals surface area contributed by atoms with Gasteiger partial charge in [0, 0.05) is 27.3 Å². The molecule has 0 aromatic heterocycles. The zero-order valence-electron chi connectivity index (χ0n) is 10.5. The van der Waals surface area contributed by atoms with Crippen molar-refractivity contribution >= 4 is 0 Å². The fourth-order valence-corrected chi connectivity index (χ4v) is 1.69. The smallest absolute Gasteiger partial charge is 0.125 e. The molecule has 0 fully saturated rings. The minimum Gasteiger partial charge on any atom is -0.383 e. The van der Waals surface area contributed by atoms with Crippen molar-refractivity contribution in [1.29, 1.82) is 0 Å². The summed E-state index contributed by atoms with van der Waals surface area (Å²) < 4.78 is 10.0. The van der Waals surface area contributed by atoms with E-state index in [9.17, 15) is 5.11 Å². The summed E-state index contributed by atoms with van der Waals surface area (Å²) in [6.45, 7) is 2.03. The van der Waals surface area contributed by atoms with Gasteiger partial charge in [0.15, 0.2) is 0 Å². The van der Waals surface area contributed by atoms with Gasteiger partial charge in [-0.15, -0.1) is 0 Å². The molecule has 0 aliphatic carbocycles. The molecule has 0 aliphatic rings. The summed E-state index contributed by atoms with van der Waals surface area (Å²) in [4.78, 5) is 0. The molecule has 4 heteroatoms. The Balaban J connectivity index is 2.62. The first-order valence-electron chi connectivity index (χ1n) is 5.69. The maximum absolute atomic E-state index is 10.6. The average molecular weight is 239 g/mol. The highest BCUT2D eigenvalue weighted by molar-refractivity contribution is 5.22. The van der Waals surface area contributed by atoms with E-state index >= 15 is 0 Å². The number of hydrogen-bond donors (Lipinski definition) is 2.